The highest BCUT2D eigenvalue weighted by Gasteiger charge is 2.21. The molecule has 1 N–H and O–H groups in total. The molecule has 0 unspecified atom stereocenters. The Morgan fingerprint density at radius 3 is 2.78 bits per heavy atom. The van der Waals surface area contributed by atoms with Crippen LogP contribution in [0.3, 0.4) is 0 Å². The van der Waals surface area contributed by atoms with Gasteiger partial charge in [0.15, 0.2) is 0 Å². The third-order valence-corrected chi connectivity index (χ3v) is 4.99. The van der Waals surface area contributed by atoms with Crippen LogP contribution in [-0.4, -0.2) is 17.5 Å². The summed E-state index contributed by atoms with van der Waals surface area (Å²) in [6.07, 6.45) is 5.03. The van der Waals surface area contributed by atoms with E-state index in [0.717, 1.165) is 36.3 Å². The Labute approximate surface area is 163 Å². The van der Waals surface area contributed by atoms with Crippen molar-refractivity contribution in [2.45, 2.75) is 18.9 Å². The topological polar surface area (TPSA) is 51.2 Å². The van der Waals surface area contributed by atoms with Crippen molar-refractivity contribution in [1.82, 2.24) is 10.3 Å². The van der Waals surface area contributed by atoms with E-state index in [-0.39, 0.29) is 11.9 Å². The quantitative estimate of drug-likeness (QED) is 0.723. The number of nitrogens with one attached hydrogen (secondary N) is 1. The number of hydrogen-bond donors (Lipinski definition) is 1. The van der Waals surface area contributed by atoms with Crippen molar-refractivity contribution in [3.63, 3.8) is 0 Å². The molecule has 2 aromatic carbocycles. The monoisotopic (exact) mass is 378 g/mol. The van der Waals surface area contributed by atoms with Gasteiger partial charge in [0, 0.05) is 12.4 Å². The number of amides is 1. The summed E-state index contributed by atoms with van der Waals surface area (Å²) in [4.78, 5) is 16.8. The van der Waals surface area contributed by atoms with Crippen molar-refractivity contribution in [2.24, 2.45) is 0 Å². The second-order valence-electron chi connectivity index (χ2n) is 6.49. The molecule has 0 spiro atoms. The van der Waals surface area contributed by atoms with Crippen molar-refractivity contribution < 1.29 is 9.53 Å². The molecule has 0 saturated heterocycles. The first-order valence-electron chi connectivity index (χ1n) is 8.93. The number of benzene rings is 2. The average Bonchev–Trinajstić information content (AvgIpc) is 2.72. The molecule has 27 heavy (non-hydrogen) atoms. The highest BCUT2D eigenvalue weighted by atomic mass is 35.5. The van der Waals surface area contributed by atoms with Gasteiger partial charge >= 0.3 is 0 Å². The lowest BCUT2D eigenvalue weighted by atomic mass is 9.94. The van der Waals surface area contributed by atoms with Crippen LogP contribution in [-0.2, 0) is 6.42 Å². The molecule has 0 bridgehead atoms. The van der Waals surface area contributed by atoms with Gasteiger partial charge in [-0.15, -0.1) is 0 Å². The Balaban J connectivity index is 1.70. The summed E-state index contributed by atoms with van der Waals surface area (Å²) in [5, 5.41) is 3.46. The third-order valence-electron chi connectivity index (χ3n) is 4.69. The van der Waals surface area contributed by atoms with Crippen LogP contribution >= 0.6 is 11.6 Å². The predicted octanol–water partition coefficient (Wildman–Crippen LogP) is 4.58. The number of aryl methyl sites for hydroxylation is 1. The molecule has 136 valence electrons. The minimum atomic E-state index is -0.282. The molecule has 0 aliphatic carbocycles. The number of carbonyl (C=O) groups excluding carboxylic acids is 1. The van der Waals surface area contributed by atoms with E-state index in [9.17, 15) is 4.79 Å². The van der Waals surface area contributed by atoms with Gasteiger partial charge in [-0.25, -0.2) is 0 Å². The third kappa shape index (κ3) is 3.81. The van der Waals surface area contributed by atoms with E-state index in [2.05, 4.69) is 16.4 Å². The summed E-state index contributed by atoms with van der Waals surface area (Å²) >= 11 is 6.15. The Morgan fingerprint density at radius 2 is 1.96 bits per heavy atom. The SMILES string of the molecule is O=C(N[C@H](c1ccccc1)c1ccc2c(c1)CCCO2)c1ccncc1Cl. The first-order chi connectivity index (χ1) is 13.2. The normalized spacial score (nSPS) is 14.0. The highest BCUT2D eigenvalue weighted by molar-refractivity contribution is 6.33. The number of aromatic nitrogens is 1. The van der Waals surface area contributed by atoms with E-state index in [1.54, 1.807) is 12.3 Å². The molecule has 0 saturated carbocycles. The molecular weight excluding hydrogens is 360 g/mol. The summed E-state index contributed by atoms with van der Waals surface area (Å²) in [5.41, 5.74) is 3.61. The molecule has 4 nitrogen and oxygen atoms in total. The molecule has 0 fully saturated rings. The number of halogens is 1. The Kier molecular flexibility index (Phi) is 5.07. The van der Waals surface area contributed by atoms with Gasteiger partial charge < -0.3 is 10.1 Å². The lowest BCUT2D eigenvalue weighted by molar-refractivity contribution is 0.0943. The van der Waals surface area contributed by atoms with Crippen LogP contribution in [0.25, 0.3) is 0 Å². The van der Waals surface area contributed by atoms with E-state index in [0.29, 0.717) is 10.6 Å². The standard InChI is InChI=1S/C22H19ClN2O2/c23-19-14-24-11-10-18(19)22(26)25-21(15-5-2-1-3-6-15)17-8-9-20-16(13-17)7-4-12-27-20/h1-3,5-6,8-11,13-14,21H,4,7,12H2,(H,25,26)/t21-/m1/s1. The Hall–Kier alpha value is -2.85. The maximum Gasteiger partial charge on any atom is 0.253 e. The lowest BCUT2D eigenvalue weighted by Crippen LogP contribution is -2.29. The number of carbonyl (C=O) groups is 1. The molecule has 2 heterocycles. The maximum atomic E-state index is 12.9. The fourth-order valence-corrected chi connectivity index (χ4v) is 3.54. The number of nitrogens with zero attached hydrogens (tertiary/aromatic N) is 1. The van der Waals surface area contributed by atoms with Crippen LogP contribution in [0.1, 0.15) is 39.5 Å². The van der Waals surface area contributed by atoms with Crippen LogP contribution in [0, 0.1) is 0 Å². The molecule has 1 atom stereocenters. The average molecular weight is 379 g/mol. The van der Waals surface area contributed by atoms with Crippen LogP contribution < -0.4 is 10.1 Å². The van der Waals surface area contributed by atoms with Crippen molar-refractivity contribution in [2.75, 3.05) is 6.61 Å². The van der Waals surface area contributed by atoms with Gasteiger partial charge in [-0.3, -0.25) is 9.78 Å². The second-order valence-corrected chi connectivity index (χ2v) is 6.90. The molecule has 4 rings (SSSR count). The number of ether oxygens (including phenoxy) is 1. The summed E-state index contributed by atoms with van der Waals surface area (Å²) in [6.45, 7) is 0.756. The van der Waals surface area contributed by atoms with E-state index in [1.165, 1.54) is 11.8 Å². The van der Waals surface area contributed by atoms with Crippen molar-refractivity contribution in [3.05, 3.63) is 94.3 Å². The number of rotatable bonds is 4. The largest absolute Gasteiger partial charge is 0.493 e. The number of pyridine rings is 1. The smallest absolute Gasteiger partial charge is 0.253 e. The van der Waals surface area contributed by atoms with E-state index >= 15 is 0 Å². The highest BCUT2D eigenvalue weighted by Crippen LogP contribution is 2.30. The molecule has 0 radical (unpaired) electrons. The molecule has 1 amide bonds. The molecule has 3 aromatic rings. The molecule has 5 heteroatoms. The van der Waals surface area contributed by atoms with Gasteiger partial charge in [-0.2, -0.15) is 0 Å². The second kappa shape index (κ2) is 7.80. The van der Waals surface area contributed by atoms with Gasteiger partial charge in [-0.05, 0) is 47.7 Å². The molecule has 1 aromatic heterocycles. The van der Waals surface area contributed by atoms with Gasteiger partial charge in [0.2, 0.25) is 0 Å². The minimum absolute atomic E-state index is 0.231. The predicted molar refractivity (Wildman–Crippen MR) is 105 cm³/mol. The van der Waals surface area contributed by atoms with Crippen molar-refractivity contribution in [3.8, 4) is 5.75 Å². The van der Waals surface area contributed by atoms with Gasteiger partial charge in [0.1, 0.15) is 5.75 Å². The van der Waals surface area contributed by atoms with Crippen molar-refractivity contribution in [1.29, 1.82) is 0 Å². The summed E-state index contributed by atoms with van der Waals surface area (Å²) in [7, 11) is 0. The summed E-state index contributed by atoms with van der Waals surface area (Å²) < 4.78 is 5.72. The molecular formula is C22H19ClN2O2. The van der Waals surface area contributed by atoms with Gasteiger partial charge in [0.05, 0.1) is 23.2 Å². The van der Waals surface area contributed by atoms with Crippen LogP contribution in [0.4, 0.5) is 0 Å². The van der Waals surface area contributed by atoms with E-state index in [4.69, 9.17) is 16.3 Å². The van der Waals surface area contributed by atoms with E-state index in [1.807, 2.05) is 42.5 Å². The fraction of sp³-hybridized carbons (Fsp3) is 0.182. The van der Waals surface area contributed by atoms with Crippen molar-refractivity contribution >= 4 is 17.5 Å². The number of hydrogen-bond acceptors (Lipinski definition) is 3. The Bertz CT molecular complexity index is 960. The lowest BCUT2D eigenvalue weighted by Gasteiger charge is -2.23. The zero-order valence-corrected chi connectivity index (χ0v) is 15.4. The molecule has 1 aliphatic rings. The zero-order valence-electron chi connectivity index (χ0n) is 14.7. The molecule has 1 aliphatic heterocycles. The van der Waals surface area contributed by atoms with Crippen LogP contribution in [0.15, 0.2) is 67.0 Å². The summed E-state index contributed by atoms with van der Waals surface area (Å²) in [5.74, 6) is 0.700. The van der Waals surface area contributed by atoms with Gasteiger partial charge in [-0.1, -0.05) is 48.0 Å². The Morgan fingerprint density at radius 1 is 1.11 bits per heavy atom. The first kappa shape index (κ1) is 17.6. The van der Waals surface area contributed by atoms with Crippen LogP contribution in [0.5, 0.6) is 5.75 Å². The minimum Gasteiger partial charge on any atom is -0.493 e. The zero-order chi connectivity index (χ0) is 18.6. The fourth-order valence-electron chi connectivity index (χ4n) is 3.33. The summed E-state index contributed by atoms with van der Waals surface area (Å²) in [6, 6.07) is 17.4. The van der Waals surface area contributed by atoms with Crippen LogP contribution in [0.2, 0.25) is 5.02 Å². The number of fused-ring (bicyclic) bond motifs is 1. The van der Waals surface area contributed by atoms with Gasteiger partial charge in [0.25, 0.3) is 5.91 Å². The first-order valence-corrected chi connectivity index (χ1v) is 9.31. The van der Waals surface area contributed by atoms with E-state index < -0.39 is 0 Å². The maximum absolute atomic E-state index is 12.9.